The molecule has 1 heterocycles. The number of hydrogen-bond donors (Lipinski definition) is 1. The Hall–Kier alpha value is -2.36. The van der Waals surface area contributed by atoms with Crippen LogP contribution in [0.25, 0.3) is 6.08 Å². The molecule has 2 aromatic rings. The van der Waals surface area contributed by atoms with E-state index in [-0.39, 0.29) is 11.2 Å². The van der Waals surface area contributed by atoms with Gasteiger partial charge in [0.05, 0.1) is 0 Å². The molecule has 1 aromatic heterocycles. The van der Waals surface area contributed by atoms with Gasteiger partial charge in [-0.3, -0.25) is 14.3 Å². The van der Waals surface area contributed by atoms with Crippen molar-refractivity contribution >= 4 is 6.08 Å². The monoisotopic (exact) mass is 242 g/mol. The van der Waals surface area contributed by atoms with Crippen molar-refractivity contribution in [2.24, 2.45) is 0 Å². The Morgan fingerprint density at radius 1 is 1.22 bits per heavy atom. The van der Waals surface area contributed by atoms with Gasteiger partial charge in [0.1, 0.15) is 0 Å². The molecule has 0 fully saturated rings. The molecule has 1 N–H and O–H groups in total. The largest absolute Gasteiger partial charge is 0.328 e. The highest BCUT2D eigenvalue weighted by molar-refractivity contribution is 5.48. The zero-order chi connectivity index (χ0) is 13.0. The van der Waals surface area contributed by atoms with Crippen molar-refractivity contribution in [1.82, 2.24) is 9.55 Å². The van der Waals surface area contributed by atoms with Crippen LogP contribution in [0.3, 0.4) is 0 Å². The van der Waals surface area contributed by atoms with Gasteiger partial charge >= 0.3 is 5.69 Å². The van der Waals surface area contributed by atoms with Crippen molar-refractivity contribution < 1.29 is 0 Å². The number of hydrogen-bond acceptors (Lipinski definition) is 2. The van der Waals surface area contributed by atoms with Gasteiger partial charge in [-0.05, 0) is 12.5 Å². The molecule has 4 nitrogen and oxygen atoms in total. The minimum absolute atomic E-state index is 0.330. The molecule has 0 amide bonds. The number of aromatic amines is 1. The fraction of sp³-hybridized carbons (Fsp3) is 0.143. The molecule has 18 heavy (non-hydrogen) atoms. The van der Waals surface area contributed by atoms with Gasteiger partial charge in [0.25, 0.3) is 5.56 Å². The van der Waals surface area contributed by atoms with Gasteiger partial charge in [0.15, 0.2) is 0 Å². The van der Waals surface area contributed by atoms with Gasteiger partial charge in [0.2, 0.25) is 0 Å². The molecule has 0 aliphatic heterocycles. The highest BCUT2D eigenvalue weighted by Crippen LogP contribution is 2.00. The summed E-state index contributed by atoms with van der Waals surface area (Å²) in [4.78, 5) is 25.0. The fourth-order valence-corrected chi connectivity index (χ4v) is 1.62. The summed E-state index contributed by atoms with van der Waals surface area (Å²) in [6.45, 7) is 2.11. The smallest absolute Gasteiger partial charge is 0.297 e. The van der Waals surface area contributed by atoms with Gasteiger partial charge in [0, 0.05) is 18.3 Å². The second kappa shape index (κ2) is 5.31. The van der Waals surface area contributed by atoms with Gasteiger partial charge in [-0.1, -0.05) is 42.5 Å². The van der Waals surface area contributed by atoms with Gasteiger partial charge in [-0.25, -0.2) is 4.79 Å². The first kappa shape index (κ1) is 12.1. The highest BCUT2D eigenvalue weighted by Gasteiger charge is 1.98. The normalized spacial score (nSPS) is 10.9. The van der Waals surface area contributed by atoms with Crippen LogP contribution in [0.2, 0.25) is 0 Å². The molecule has 0 bridgehead atoms. The number of allylic oxidation sites excluding steroid dienone is 1. The van der Waals surface area contributed by atoms with E-state index in [1.54, 1.807) is 13.1 Å². The van der Waals surface area contributed by atoms with Crippen LogP contribution in [0, 0.1) is 6.92 Å². The summed E-state index contributed by atoms with van der Waals surface area (Å²) in [5, 5.41) is 0. The lowest BCUT2D eigenvalue weighted by atomic mass is 10.2. The minimum atomic E-state index is -0.386. The van der Waals surface area contributed by atoms with Gasteiger partial charge in [-0.15, -0.1) is 0 Å². The molecular formula is C14H14N2O2. The van der Waals surface area contributed by atoms with Crippen LogP contribution in [0.4, 0.5) is 0 Å². The lowest BCUT2D eigenvalue weighted by molar-refractivity contribution is 0.730. The van der Waals surface area contributed by atoms with Crippen LogP contribution in [0.15, 0.2) is 52.2 Å². The Labute approximate surface area is 104 Å². The summed E-state index contributed by atoms with van der Waals surface area (Å²) in [6, 6.07) is 9.83. The van der Waals surface area contributed by atoms with Crippen molar-refractivity contribution in [3.63, 3.8) is 0 Å². The minimum Gasteiger partial charge on any atom is -0.297 e. The predicted octanol–water partition coefficient (Wildman–Crippen LogP) is 1.56. The number of benzene rings is 1. The van der Waals surface area contributed by atoms with E-state index in [4.69, 9.17) is 0 Å². The summed E-state index contributed by atoms with van der Waals surface area (Å²) in [6.07, 6.45) is 5.39. The van der Waals surface area contributed by atoms with Crippen LogP contribution in [0.5, 0.6) is 0 Å². The molecule has 92 valence electrons. The van der Waals surface area contributed by atoms with Crippen LogP contribution < -0.4 is 11.2 Å². The first-order chi connectivity index (χ1) is 8.66. The summed E-state index contributed by atoms with van der Waals surface area (Å²) in [7, 11) is 0. The van der Waals surface area contributed by atoms with Gasteiger partial charge < -0.3 is 0 Å². The van der Waals surface area contributed by atoms with Crippen molar-refractivity contribution in [1.29, 1.82) is 0 Å². The predicted molar refractivity (Wildman–Crippen MR) is 71.5 cm³/mol. The third kappa shape index (κ3) is 2.85. The van der Waals surface area contributed by atoms with E-state index in [0.29, 0.717) is 12.1 Å². The zero-order valence-corrected chi connectivity index (χ0v) is 10.1. The highest BCUT2D eigenvalue weighted by atomic mass is 16.2. The van der Waals surface area contributed by atoms with Crippen LogP contribution in [0.1, 0.15) is 11.1 Å². The maximum Gasteiger partial charge on any atom is 0.328 e. The van der Waals surface area contributed by atoms with Crippen LogP contribution in [-0.4, -0.2) is 9.55 Å². The molecule has 0 aliphatic rings. The molecular weight excluding hydrogens is 228 g/mol. The molecule has 0 saturated heterocycles. The van der Waals surface area contributed by atoms with Crippen LogP contribution >= 0.6 is 0 Å². The van der Waals surface area contributed by atoms with E-state index in [0.717, 1.165) is 5.56 Å². The molecule has 0 unspecified atom stereocenters. The number of H-pyrrole nitrogens is 1. The van der Waals surface area contributed by atoms with E-state index in [1.165, 1.54) is 4.57 Å². The molecule has 0 spiro atoms. The van der Waals surface area contributed by atoms with E-state index in [9.17, 15) is 9.59 Å². The number of rotatable bonds is 3. The number of aromatic nitrogens is 2. The van der Waals surface area contributed by atoms with Crippen LogP contribution in [-0.2, 0) is 6.54 Å². The Balaban J connectivity index is 2.16. The summed E-state index contributed by atoms with van der Waals surface area (Å²) < 4.78 is 1.47. The molecule has 0 aliphatic carbocycles. The summed E-state index contributed by atoms with van der Waals surface area (Å²) >= 11 is 0. The summed E-state index contributed by atoms with van der Waals surface area (Å²) in [5.74, 6) is 0. The van der Waals surface area contributed by atoms with E-state index in [1.807, 2.05) is 42.5 Å². The van der Waals surface area contributed by atoms with E-state index < -0.39 is 0 Å². The van der Waals surface area contributed by atoms with Crippen molar-refractivity contribution in [3.05, 3.63) is 74.6 Å². The number of nitrogens with zero attached hydrogens (tertiary/aromatic N) is 1. The molecule has 0 atom stereocenters. The van der Waals surface area contributed by atoms with E-state index >= 15 is 0 Å². The molecule has 1 aromatic carbocycles. The fourth-order valence-electron chi connectivity index (χ4n) is 1.62. The van der Waals surface area contributed by atoms with E-state index in [2.05, 4.69) is 4.98 Å². The van der Waals surface area contributed by atoms with Crippen molar-refractivity contribution in [3.8, 4) is 0 Å². The third-order valence-electron chi connectivity index (χ3n) is 2.60. The number of aryl methyl sites for hydroxylation is 1. The first-order valence-electron chi connectivity index (χ1n) is 5.69. The zero-order valence-electron chi connectivity index (χ0n) is 10.1. The second-order valence-corrected chi connectivity index (χ2v) is 4.04. The Bertz CT molecular complexity index is 666. The lowest BCUT2D eigenvalue weighted by Gasteiger charge is -2.01. The first-order valence-corrected chi connectivity index (χ1v) is 5.69. The van der Waals surface area contributed by atoms with Crippen molar-refractivity contribution in [2.75, 3.05) is 0 Å². The third-order valence-corrected chi connectivity index (χ3v) is 2.60. The average Bonchev–Trinajstić information content (AvgIpc) is 2.37. The topological polar surface area (TPSA) is 54.9 Å². The van der Waals surface area contributed by atoms with Crippen molar-refractivity contribution in [2.45, 2.75) is 13.5 Å². The Morgan fingerprint density at radius 3 is 2.67 bits per heavy atom. The molecule has 4 heteroatoms. The second-order valence-electron chi connectivity index (χ2n) is 4.04. The number of nitrogens with one attached hydrogen (secondary N) is 1. The molecule has 0 saturated carbocycles. The maximum absolute atomic E-state index is 11.5. The molecule has 0 radical (unpaired) electrons. The maximum atomic E-state index is 11.5. The quantitative estimate of drug-likeness (QED) is 0.888. The summed E-state index contributed by atoms with van der Waals surface area (Å²) in [5.41, 5.74) is 0.890. The SMILES string of the molecule is Cc1cn(CC=Cc2ccccc2)c(=O)[nH]c1=O. The van der Waals surface area contributed by atoms with Gasteiger partial charge in [-0.2, -0.15) is 0 Å². The molecule has 2 rings (SSSR count). The Morgan fingerprint density at radius 2 is 1.94 bits per heavy atom. The standard InChI is InChI=1S/C14H14N2O2/c1-11-10-16(14(18)15-13(11)17)9-5-8-12-6-3-2-4-7-12/h2-8,10H,9H2,1H3,(H,15,17,18). The average molecular weight is 242 g/mol. The Kier molecular flexibility index (Phi) is 3.57. The lowest BCUT2D eigenvalue weighted by Crippen LogP contribution is -2.30.